The molecule has 1 aromatic rings. The van der Waals surface area contributed by atoms with Gasteiger partial charge in [-0.3, -0.25) is 0 Å². The van der Waals surface area contributed by atoms with Crippen molar-refractivity contribution in [2.45, 2.75) is 44.0 Å². The van der Waals surface area contributed by atoms with E-state index in [0.29, 0.717) is 16.3 Å². The third-order valence-corrected chi connectivity index (χ3v) is 5.92. The Labute approximate surface area is 134 Å². The molecule has 6 nitrogen and oxygen atoms in total. The average molecular weight is 377 g/mol. The number of hydrazine groups is 1. The van der Waals surface area contributed by atoms with Crippen LogP contribution in [0, 0.1) is 11.8 Å². The summed E-state index contributed by atoms with van der Waals surface area (Å²) < 4.78 is 28.6. The number of hydrogen-bond acceptors (Lipinski definition) is 5. The maximum absolute atomic E-state index is 12.6. The number of pyridine rings is 1. The number of nitrogens with zero attached hydrogens (tertiary/aromatic N) is 1. The first kappa shape index (κ1) is 16.7. The van der Waals surface area contributed by atoms with Gasteiger partial charge in [0.25, 0.3) is 0 Å². The summed E-state index contributed by atoms with van der Waals surface area (Å²) in [5, 5.41) is 0. The lowest BCUT2D eigenvalue weighted by atomic mass is 9.80. The van der Waals surface area contributed by atoms with Crippen molar-refractivity contribution in [1.29, 1.82) is 0 Å². The van der Waals surface area contributed by atoms with Gasteiger partial charge in [-0.2, -0.15) is 0 Å². The SMILES string of the molecule is CC1CCC(NS(=O)(=O)c2cc(Br)cnc2NN)C(C)C1. The van der Waals surface area contributed by atoms with Gasteiger partial charge >= 0.3 is 0 Å². The summed E-state index contributed by atoms with van der Waals surface area (Å²) >= 11 is 3.24. The monoisotopic (exact) mass is 376 g/mol. The van der Waals surface area contributed by atoms with Crippen molar-refractivity contribution in [2.75, 3.05) is 5.43 Å². The van der Waals surface area contributed by atoms with E-state index in [1.165, 1.54) is 12.3 Å². The summed E-state index contributed by atoms with van der Waals surface area (Å²) in [7, 11) is -3.66. The van der Waals surface area contributed by atoms with Gasteiger partial charge in [0, 0.05) is 16.7 Å². The average Bonchev–Trinajstić information content (AvgIpc) is 2.42. The van der Waals surface area contributed by atoms with Gasteiger partial charge in [0.1, 0.15) is 4.90 Å². The lowest BCUT2D eigenvalue weighted by Gasteiger charge is -2.33. The molecular weight excluding hydrogens is 356 g/mol. The van der Waals surface area contributed by atoms with Gasteiger partial charge in [-0.15, -0.1) is 0 Å². The number of hydrogen-bond donors (Lipinski definition) is 3. The Bertz CT molecular complexity index is 608. The predicted molar refractivity (Wildman–Crippen MR) is 86.0 cm³/mol. The van der Waals surface area contributed by atoms with Crippen molar-refractivity contribution in [3.05, 3.63) is 16.7 Å². The second-order valence-corrected chi connectivity index (χ2v) is 8.37. The molecule has 0 aromatic carbocycles. The summed E-state index contributed by atoms with van der Waals surface area (Å²) in [5.74, 6) is 6.46. The number of rotatable bonds is 4. The van der Waals surface area contributed by atoms with Crippen molar-refractivity contribution >= 4 is 31.8 Å². The molecule has 1 fully saturated rings. The topological polar surface area (TPSA) is 97.1 Å². The molecular formula is C13H21BrN4O2S. The molecule has 4 N–H and O–H groups in total. The van der Waals surface area contributed by atoms with Crippen molar-refractivity contribution in [3.8, 4) is 0 Å². The standard InChI is InChI=1S/C13H21BrN4O2S/c1-8-3-4-11(9(2)5-8)18-21(19,20)12-6-10(14)7-16-13(12)17-15/h6-9,11,18H,3-5,15H2,1-2H3,(H,16,17). The Morgan fingerprint density at radius 1 is 1.38 bits per heavy atom. The van der Waals surface area contributed by atoms with Gasteiger partial charge in [-0.1, -0.05) is 13.8 Å². The second-order valence-electron chi connectivity index (χ2n) is 5.77. The zero-order valence-corrected chi connectivity index (χ0v) is 14.5. The molecule has 0 bridgehead atoms. The third-order valence-electron chi connectivity index (χ3n) is 3.98. The van der Waals surface area contributed by atoms with Crippen molar-refractivity contribution in [3.63, 3.8) is 0 Å². The summed E-state index contributed by atoms with van der Waals surface area (Å²) in [6.45, 7) is 4.29. The van der Waals surface area contributed by atoms with Crippen LogP contribution in [0.1, 0.15) is 33.1 Å². The van der Waals surface area contributed by atoms with E-state index in [4.69, 9.17) is 5.84 Å². The number of nitrogens with two attached hydrogens (primary N) is 1. The maximum atomic E-state index is 12.6. The summed E-state index contributed by atoms with van der Waals surface area (Å²) in [6.07, 6.45) is 4.43. The van der Waals surface area contributed by atoms with Crippen LogP contribution in [0.25, 0.3) is 0 Å². The Balaban J connectivity index is 2.24. The van der Waals surface area contributed by atoms with E-state index in [-0.39, 0.29) is 16.8 Å². The molecule has 1 saturated carbocycles. The highest BCUT2D eigenvalue weighted by molar-refractivity contribution is 9.10. The van der Waals surface area contributed by atoms with E-state index in [9.17, 15) is 8.42 Å². The minimum absolute atomic E-state index is 0.0455. The van der Waals surface area contributed by atoms with Gasteiger partial charge in [0.15, 0.2) is 5.82 Å². The van der Waals surface area contributed by atoms with Gasteiger partial charge in [0.05, 0.1) is 0 Å². The van der Waals surface area contributed by atoms with Crippen LogP contribution in [0.4, 0.5) is 5.82 Å². The van der Waals surface area contributed by atoms with E-state index in [1.54, 1.807) is 0 Å². The van der Waals surface area contributed by atoms with Crippen LogP contribution in [0.5, 0.6) is 0 Å². The van der Waals surface area contributed by atoms with Gasteiger partial charge in [0.2, 0.25) is 10.0 Å². The van der Waals surface area contributed by atoms with Crippen LogP contribution in [0.3, 0.4) is 0 Å². The van der Waals surface area contributed by atoms with Crippen LogP contribution >= 0.6 is 15.9 Å². The Hall–Kier alpha value is -0.700. The quantitative estimate of drug-likeness (QED) is 0.552. The highest BCUT2D eigenvalue weighted by Crippen LogP contribution is 2.30. The number of halogens is 1. The zero-order chi connectivity index (χ0) is 15.6. The molecule has 8 heteroatoms. The number of nitrogens with one attached hydrogen (secondary N) is 2. The second kappa shape index (κ2) is 6.60. The summed E-state index contributed by atoms with van der Waals surface area (Å²) in [4.78, 5) is 4.05. The molecule has 3 atom stereocenters. The summed E-state index contributed by atoms with van der Waals surface area (Å²) in [5.41, 5.74) is 2.33. The molecule has 1 aliphatic carbocycles. The molecule has 0 amide bonds. The molecule has 0 saturated heterocycles. The molecule has 1 aliphatic rings. The minimum atomic E-state index is -3.66. The van der Waals surface area contributed by atoms with Crippen LogP contribution in [-0.2, 0) is 10.0 Å². The van der Waals surface area contributed by atoms with E-state index < -0.39 is 10.0 Å². The number of anilines is 1. The van der Waals surface area contributed by atoms with Crippen molar-refractivity contribution in [2.24, 2.45) is 17.7 Å². The molecule has 0 radical (unpaired) electrons. The summed E-state index contributed by atoms with van der Waals surface area (Å²) in [6, 6.07) is 1.46. The van der Waals surface area contributed by atoms with E-state index in [0.717, 1.165) is 19.3 Å². The molecule has 0 aliphatic heterocycles. The van der Waals surface area contributed by atoms with Crippen LogP contribution in [0.2, 0.25) is 0 Å². The fraction of sp³-hybridized carbons (Fsp3) is 0.615. The van der Waals surface area contributed by atoms with Crippen molar-refractivity contribution in [1.82, 2.24) is 9.71 Å². The molecule has 3 unspecified atom stereocenters. The minimum Gasteiger partial charge on any atom is -0.307 e. The largest absolute Gasteiger partial charge is 0.307 e. The molecule has 0 spiro atoms. The Kier molecular flexibility index (Phi) is 5.24. The predicted octanol–water partition coefficient (Wildman–Crippen LogP) is 2.23. The fourth-order valence-corrected chi connectivity index (χ4v) is 4.84. The molecule has 21 heavy (non-hydrogen) atoms. The van der Waals surface area contributed by atoms with Crippen LogP contribution < -0.4 is 16.0 Å². The van der Waals surface area contributed by atoms with Crippen LogP contribution in [0.15, 0.2) is 21.6 Å². The Morgan fingerprint density at radius 3 is 2.71 bits per heavy atom. The van der Waals surface area contributed by atoms with Gasteiger partial charge in [-0.25, -0.2) is 24.0 Å². The van der Waals surface area contributed by atoms with Gasteiger partial charge < -0.3 is 5.43 Å². The zero-order valence-electron chi connectivity index (χ0n) is 12.1. The number of aromatic nitrogens is 1. The van der Waals surface area contributed by atoms with Crippen LogP contribution in [-0.4, -0.2) is 19.4 Å². The first-order valence-electron chi connectivity index (χ1n) is 6.98. The first-order valence-corrected chi connectivity index (χ1v) is 9.25. The molecule has 1 heterocycles. The maximum Gasteiger partial charge on any atom is 0.244 e. The van der Waals surface area contributed by atoms with Gasteiger partial charge in [-0.05, 0) is 53.1 Å². The highest BCUT2D eigenvalue weighted by Gasteiger charge is 2.30. The number of nitrogen functional groups attached to an aromatic ring is 1. The number of sulfonamides is 1. The van der Waals surface area contributed by atoms with E-state index >= 15 is 0 Å². The highest BCUT2D eigenvalue weighted by atomic mass is 79.9. The third kappa shape index (κ3) is 3.94. The first-order chi connectivity index (χ1) is 9.83. The lowest BCUT2D eigenvalue weighted by molar-refractivity contribution is 0.249. The Morgan fingerprint density at radius 2 is 2.10 bits per heavy atom. The lowest BCUT2D eigenvalue weighted by Crippen LogP contribution is -2.42. The smallest absolute Gasteiger partial charge is 0.244 e. The van der Waals surface area contributed by atoms with E-state index in [1.807, 2.05) is 0 Å². The molecule has 1 aromatic heterocycles. The molecule has 2 rings (SSSR count). The normalized spacial score (nSPS) is 26.6. The van der Waals surface area contributed by atoms with Crippen molar-refractivity contribution < 1.29 is 8.42 Å². The van der Waals surface area contributed by atoms with E-state index in [2.05, 4.69) is 44.9 Å². The fourth-order valence-electron chi connectivity index (χ4n) is 2.84. The molecule has 118 valence electrons.